The molecule has 0 aromatic heterocycles. The van der Waals surface area contributed by atoms with Crippen LogP contribution in [0.15, 0.2) is 29.3 Å². The highest BCUT2D eigenvalue weighted by molar-refractivity contribution is 14.0. The zero-order valence-electron chi connectivity index (χ0n) is 17.3. The maximum atomic E-state index is 11.5. The van der Waals surface area contributed by atoms with Crippen molar-refractivity contribution >= 4 is 35.8 Å². The predicted octanol–water partition coefficient (Wildman–Crippen LogP) is 3.45. The van der Waals surface area contributed by atoms with Crippen LogP contribution in [-0.2, 0) is 11.3 Å². The highest BCUT2D eigenvalue weighted by atomic mass is 127. The first-order valence-electron chi connectivity index (χ1n) is 10.1. The summed E-state index contributed by atoms with van der Waals surface area (Å²) in [6.07, 6.45) is 6.33. The summed E-state index contributed by atoms with van der Waals surface area (Å²) in [6.45, 7) is 5.47. The zero-order chi connectivity index (χ0) is 19.5. The van der Waals surface area contributed by atoms with Gasteiger partial charge in [-0.05, 0) is 43.4 Å². The van der Waals surface area contributed by atoms with Crippen LogP contribution in [0.3, 0.4) is 0 Å². The minimum absolute atomic E-state index is 0. The Bertz CT molecular complexity index is 624. The van der Waals surface area contributed by atoms with Crippen molar-refractivity contribution in [1.82, 2.24) is 16.0 Å². The van der Waals surface area contributed by atoms with Gasteiger partial charge in [-0.2, -0.15) is 0 Å². The first kappa shape index (κ1) is 24.5. The minimum Gasteiger partial charge on any atom is -0.484 e. The van der Waals surface area contributed by atoms with Crippen LogP contribution in [-0.4, -0.2) is 38.1 Å². The Morgan fingerprint density at radius 3 is 2.79 bits per heavy atom. The Morgan fingerprint density at radius 2 is 2.07 bits per heavy atom. The number of hydrogen-bond donors (Lipinski definition) is 3. The number of carbonyl (C=O) groups excluding carboxylic acids is 1. The zero-order valence-corrected chi connectivity index (χ0v) is 19.6. The van der Waals surface area contributed by atoms with Crippen LogP contribution in [0.4, 0.5) is 0 Å². The van der Waals surface area contributed by atoms with Gasteiger partial charge in [0.05, 0.1) is 0 Å². The molecule has 1 aliphatic carbocycles. The first-order valence-corrected chi connectivity index (χ1v) is 10.1. The highest BCUT2D eigenvalue weighted by Crippen LogP contribution is 2.26. The largest absolute Gasteiger partial charge is 0.484 e. The third kappa shape index (κ3) is 8.67. The molecule has 2 unspecified atom stereocenters. The number of nitrogens with one attached hydrogen (secondary N) is 3. The van der Waals surface area contributed by atoms with E-state index < -0.39 is 0 Å². The van der Waals surface area contributed by atoms with E-state index >= 15 is 0 Å². The van der Waals surface area contributed by atoms with Gasteiger partial charge in [-0.1, -0.05) is 38.3 Å². The molecule has 1 aliphatic rings. The van der Waals surface area contributed by atoms with Gasteiger partial charge in [0.1, 0.15) is 5.75 Å². The molecule has 28 heavy (non-hydrogen) atoms. The molecule has 3 N–H and O–H groups in total. The monoisotopic (exact) mass is 502 g/mol. The summed E-state index contributed by atoms with van der Waals surface area (Å²) >= 11 is 0. The van der Waals surface area contributed by atoms with Crippen LogP contribution in [0.2, 0.25) is 0 Å². The quantitative estimate of drug-likeness (QED) is 0.289. The number of likely N-dealkylation sites (N-methyl/N-ethyl adjacent to an activating group) is 1. The van der Waals surface area contributed by atoms with Gasteiger partial charge in [0.15, 0.2) is 12.6 Å². The van der Waals surface area contributed by atoms with E-state index in [0.29, 0.717) is 24.9 Å². The van der Waals surface area contributed by atoms with E-state index in [-0.39, 0.29) is 36.5 Å². The van der Waals surface area contributed by atoms with Crippen molar-refractivity contribution in [2.75, 3.05) is 20.2 Å². The lowest BCUT2D eigenvalue weighted by atomic mass is 9.84. The fraction of sp³-hybridized carbons (Fsp3) is 0.619. The van der Waals surface area contributed by atoms with Crippen LogP contribution in [0.5, 0.6) is 5.75 Å². The second kappa shape index (κ2) is 13.6. The molecule has 1 aromatic rings. The molecule has 0 spiro atoms. The maximum Gasteiger partial charge on any atom is 0.257 e. The number of aliphatic imine (C=N–C) groups is 1. The average Bonchev–Trinajstić information content (AvgIpc) is 2.70. The van der Waals surface area contributed by atoms with E-state index in [2.05, 4.69) is 27.9 Å². The molecule has 2 rings (SSSR count). The number of rotatable bonds is 8. The van der Waals surface area contributed by atoms with Crippen molar-refractivity contribution < 1.29 is 9.53 Å². The van der Waals surface area contributed by atoms with Crippen molar-refractivity contribution in [2.45, 2.75) is 58.5 Å². The molecule has 158 valence electrons. The molecule has 7 heteroatoms. The van der Waals surface area contributed by atoms with Gasteiger partial charge in [-0.3, -0.25) is 9.79 Å². The summed E-state index contributed by atoms with van der Waals surface area (Å²) in [6, 6.07) is 8.29. The molecule has 1 saturated carbocycles. The number of carbonyl (C=O) groups is 1. The number of guanidine groups is 1. The lowest BCUT2D eigenvalue weighted by molar-refractivity contribution is -0.122. The van der Waals surface area contributed by atoms with Crippen molar-refractivity contribution in [2.24, 2.45) is 10.9 Å². The summed E-state index contributed by atoms with van der Waals surface area (Å²) in [7, 11) is 1.81. The summed E-state index contributed by atoms with van der Waals surface area (Å²) in [5.74, 6) is 2.25. The second-order valence-electron chi connectivity index (χ2n) is 7.10. The molecular weight excluding hydrogens is 467 g/mol. The average molecular weight is 502 g/mol. The SMILES string of the molecule is CCNC(=O)COc1cccc(CNC(=NC)NC2CCCC(CC)C2)c1.I. The van der Waals surface area contributed by atoms with E-state index in [1.807, 2.05) is 31.2 Å². The van der Waals surface area contributed by atoms with Crippen LogP contribution >= 0.6 is 24.0 Å². The number of benzene rings is 1. The number of nitrogens with zero attached hydrogens (tertiary/aromatic N) is 1. The van der Waals surface area contributed by atoms with Gasteiger partial charge < -0.3 is 20.7 Å². The predicted molar refractivity (Wildman–Crippen MR) is 125 cm³/mol. The van der Waals surface area contributed by atoms with E-state index in [4.69, 9.17) is 4.74 Å². The molecule has 1 amide bonds. The lowest BCUT2D eigenvalue weighted by Crippen LogP contribution is -2.45. The highest BCUT2D eigenvalue weighted by Gasteiger charge is 2.21. The fourth-order valence-corrected chi connectivity index (χ4v) is 3.51. The molecule has 0 radical (unpaired) electrons. The number of halogens is 1. The molecule has 0 saturated heterocycles. The normalized spacial score (nSPS) is 19.3. The number of ether oxygens (including phenoxy) is 1. The standard InChI is InChI=1S/C21H34N4O2.HI/c1-4-16-8-6-10-18(12-16)25-21(22-3)24-14-17-9-7-11-19(13-17)27-15-20(26)23-5-2;/h7,9,11,13,16,18H,4-6,8,10,12,14-15H2,1-3H3,(H,23,26)(H2,22,24,25);1H. The minimum atomic E-state index is -0.108. The van der Waals surface area contributed by atoms with Crippen molar-refractivity contribution in [3.8, 4) is 5.75 Å². The molecule has 6 nitrogen and oxygen atoms in total. The molecule has 1 fully saturated rings. The molecular formula is C21H35IN4O2. The number of amides is 1. The van der Waals surface area contributed by atoms with Crippen LogP contribution in [0.25, 0.3) is 0 Å². The summed E-state index contributed by atoms with van der Waals surface area (Å²) in [5.41, 5.74) is 1.08. The maximum absolute atomic E-state index is 11.5. The van der Waals surface area contributed by atoms with Gasteiger partial charge in [-0.25, -0.2) is 0 Å². The third-order valence-corrected chi connectivity index (χ3v) is 5.03. The second-order valence-corrected chi connectivity index (χ2v) is 7.10. The first-order chi connectivity index (χ1) is 13.1. The van der Waals surface area contributed by atoms with Crippen LogP contribution in [0.1, 0.15) is 51.5 Å². The molecule has 1 aromatic carbocycles. The Balaban J connectivity index is 0.00000392. The van der Waals surface area contributed by atoms with Crippen molar-refractivity contribution in [3.63, 3.8) is 0 Å². The van der Waals surface area contributed by atoms with Gasteiger partial charge in [0.2, 0.25) is 0 Å². The molecule has 0 aliphatic heterocycles. The summed E-state index contributed by atoms with van der Waals surface area (Å²) in [4.78, 5) is 15.9. The van der Waals surface area contributed by atoms with Gasteiger partial charge in [-0.15, -0.1) is 24.0 Å². The number of hydrogen-bond acceptors (Lipinski definition) is 3. The van der Waals surface area contributed by atoms with E-state index in [1.165, 1.54) is 32.1 Å². The van der Waals surface area contributed by atoms with Crippen LogP contribution in [0, 0.1) is 5.92 Å². The molecule has 0 heterocycles. The van der Waals surface area contributed by atoms with Gasteiger partial charge in [0.25, 0.3) is 5.91 Å². The molecule has 2 atom stereocenters. The topological polar surface area (TPSA) is 74.8 Å². The summed E-state index contributed by atoms with van der Waals surface area (Å²) < 4.78 is 5.55. The van der Waals surface area contributed by atoms with Crippen molar-refractivity contribution in [3.05, 3.63) is 29.8 Å². The Hall–Kier alpha value is -1.51. The third-order valence-electron chi connectivity index (χ3n) is 5.03. The lowest BCUT2D eigenvalue weighted by Gasteiger charge is -2.30. The van der Waals surface area contributed by atoms with Gasteiger partial charge >= 0.3 is 0 Å². The Kier molecular flexibility index (Phi) is 11.9. The van der Waals surface area contributed by atoms with E-state index in [9.17, 15) is 4.79 Å². The smallest absolute Gasteiger partial charge is 0.257 e. The fourth-order valence-electron chi connectivity index (χ4n) is 3.51. The molecule has 0 bridgehead atoms. The summed E-state index contributed by atoms with van der Waals surface area (Å²) in [5, 5.41) is 9.67. The Morgan fingerprint density at radius 1 is 1.25 bits per heavy atom. The van der Waals surface area contributed by atoms with E-state index in [1.54, 1.807) is 7.05 Å². The van der Waals surface area contributed by atoms with Crippen molar-refractivity contribution in [1.29, 1.82) is 0 Å². The van der Waals surface area contributed by atoms with Crippen LogP contribution < -0.4 is 20.7 Å². The van der Waals surface area contributed by atoms with Gasteiger partial charge in [0, 0.05) is 26.2 Å². The van der Waals surface area contributed by atoms with E-state index in [0.717, 1.165) is 17.4 Å². The Labute approximate surface area is 186 Å².